The molecule has 2 aromatic heterocycles. The molecule has 0 radical (unpaired) electrons. The molecule has 0 unspecified atom stereocenters. The van der Waals surface area contributed by atoms with Gasteiger partial charge in [-0.15, -0.1) is 0 Å². The molecule has 0 saturated heterocycles. The quantitative estimate of drug-likeness (QED) is 0.163. The maximum Gasteiger partial charge on any atom is 0.143 e. The second kappa shape index (κ2) is 13.7. The Hall–Kier alpha value is -7.36. The minimum Gasteiger partial charge on any atom is -0.460 e. The van der Waals surface area contributed by atoms with Crippen LogP contribution in [0.1, 0.15) is 17.7 Å². The SMILES string of the molecule is C1=Cc2c(oc3c(-c4ccc(N(c5ccc(-c6ccc(-c7ccccc7)cc6)cc5)c5ccc(-c6cccc7c6oc6ccccc67)cc5)cc4)cccc23)CC1. The molecule has 0 fully saturated rings. The van der Waals surface area contributed by atoms with Crippen LogP contribution < -0.4 is 4.90 Å². The Morgan fingerprint density at radius 2 is 0.842 bits per heavy atom. The molecule has 3 nitrogen and oxygen atoms in total. The lowest BCUT2D eigenvalue weighted by atomic mass is 9.98. The fraction of sp³-hybridized carbons (Fsp3) is 0.0370. The molecule has 0 bridgehead atoms. The Morgan fingerprint density at radius 3 is 1.46 bits per heavy atom. The molecule has 0 aliphatic heterocycles. The summed E-state index contributed by atoms with van der Waals surface area (Å²) in [6.45, 7) is 0. The van der Waals surface area contributed by atoms with Gasteiger partial charge in [-0.2, -0.15) is 0 Å². The first kappa shape index (κ1) is 33.0. The zero-order chi connectivity index (χ0) is 37.7. The van der Waals surface area contributed by atoms with E-state index in [1.165, 1.54) is 33.2 Å². The third-order valence-corrected chi connectivity index (χ3v) is 11.4. The van der Waals surface area contributed by atoms with E-state index in [9.17, 15) is 0 Å². The van der Waals surface area contributed by atoms with Gasteiger partial charge in [-0.05, 0) is 82.3 Å². The van der Waals surface area contributed by atoms with Crippen molar-refractivity contribution in [1.29, 1.82) is 0 Å². The largest absolute Gasteiger partial charge is 0.460 e. The number of para-hydroxylation sites is 3. The van der Waals surface area contributed by atoms with Crippen molar-refractivity contribution >= 4 is 56.0 Å². The minimum absolute atomic E-state index is 0.904. The van der Waals surface area contributed by atoms with E-state index in [1.807, 2.05) is 12.1 Å². The van der Waals surface area contributed by atoms with Crippen LogP contribution in [0.3, 0.4) is 0 Å². The Balaban J connectivity index is 0.967. The van der Waals surface area contributed by atoms with Crippen molar-refractivity contribution in [1.82, 2.24) is 0 Å². The average Bonchev–Trinajstić information content (AvgIpc) is 3.87. The van der Waals surface area contributed by atoms with Crippen molar-refractivity contribution in [2.24, 2.45) is 0 Å². The minimum atomic E-state index is 0.904. The maximum absolute atomic E-state index is 6.49. The molecule has 8 aromatic carbocycles. The van der Waals surface area contributed by atoms with Crippen molar-refractivity contribution in [3.8, 4) is 44.5 Å². The summed E-state index contributed by atoms with van der Waals surface area (Å²) in [6, 6.07) is 67.1. The summed E-state index contributed by atoms with van der Waals surface area (Å²) in [5.74, 6) is 1.08. The van der Waals surface area contributed by atoms with Crippen LogP contribution in [0, 0.1) is 0 Å². The number of furan rings is 2. The molecule has 1 aliphatic carbocycles. The predicted molar refractivity (Wildman–Crippen MR) is 237 cm³/mol. The maximum atomic E-state index is 6.49. The van der Waals surface area contributed by atoms with Crippen LogP contribution in [-0.4, -0.2) is 0 Å². The van der Waals surface area contributed by atoms with Crippen molar-refractivity contribution in [2.75, 3.05) is 4.90 Å². The van der Waals surface area contributed by atoms with Crippen molar-refractivity contribution in [2.45, 2.75) is 12.8 Å². The number of fused-ring (bicyclic) bond motifs is 6. The fourth-order valence-electron chi connectivity index (χ4n) is 8.49. The highest BCUT2D eigenvalue weighted by atomic mass is 16.3. The van der Waals surface area contributed by atoms with E-state index in [0.717, 1.165) is 85.4 Å². The van der Waals surface area contributed by atoms with Crippen LogP contribution in [0.4, 0.5) is 17.1 Å². The molecule has 11 rings (SSSR count). The highest BCUT2D eigenvalue weighted by Crippen LogP contribution is 2.42. The molecule has 0 saturated carbocycles. The molecule has 270 valence electrons. The monoisotopic (exact) mass is 731 g/mol. The van der Waals surface area contributed by atoms with Crippen LogP contribution in [0.25, 0.3) is 83.5 Å². The summed E-state index contributed by atoms with van der Waals surface area (Å²) in [4.78, 5) is 2.33. The molecule has 3 heteroatoms. The van der Waals surface area contributed by atoms with Gasteiger partial charge in [-0.1, -0.05) is 158 Å². The molecule has 0 atom stereocenters. The van der Waals surface area contributed by atoms with Gasteiger partial charge in [0.15, 0.2) is 0 Å². The van der Waals surface area contributed by atoms with Crippen molar-refractivity contribution in [3.05, 3.63) is 205 Å². The highest BCUT2D eigenvalue weighted by molar-refractivity contribution is 6.09. The molecule has 0 spiro atoms. The molecule has 1 aliphatic rings. The number of benzene rings is 8. The number of nitrogens with zero attached hydrogens (tertiary/aromatic N) is 1. The average molecular weight is 732 g/mol. The normalized spacial score (nSPS) is 12.4. The van der Waals surface area contributed by atoms with E-state index < -0.39 is 0 Å². The molecule has 0 N–H and O–H groups in total. The van der Waals surface area contributed by atoms with E-state index in [4.69, 9.17) is 8.83 Å². The topological polar surface area (TPSA) is 29.5 Å². The zero-order valence-corrected chi connectivity index (χ0v) is 31.2. The van der Waals surface area contributed by atoms with Crippen molar-refractivity contribution in [3.63, 3.8) is 0 Å². The van der Waals surface area contributed by atoms with E-state index in [-0.39, 0.29) is 0 Å². The fourth-order valence-corrected chi connectivity index (χ4v) is 8.49. The zero-order valence-electron chi connectivity index (χ0n) is 31.2. The Labute approximate surface area is 331 Å². The summed E-state index contributed by atoms with van der Waals surface area (Å²) in [5.41, 5.74) is 16.4. The highest BCUT2D eigenvalue weighted by Gasteiger charge is 2.19. The second-order valence-corrected chi connectivity index (χ2v) is 14.8. The molecule has 0 amide bonds. The van der Waals surface area contributed by atoms with E-state index >= 15 is 0 Å². The summed E-state index contributed by atoms with van der Waals surface area (Å²) < 4.78 is 12.9. The van der Waals surface area contributed by atoms with Gasteiger partial charge >= 0.3 is 0 Å². The van der Waals surface area contributed by atoms with Crippen LogP contribution in [0.2, 0.25) is 0 Å². The van der Waals surface area contributed by atoms with Gasteiger partial charge in [-0.25, -0.2) is 0 Å². The number of hydrogen-bond acceptors (Lipinski definition) is 3. The molecule has 2 heterocycles. The third kappa shape index (κ3) is 5.84. The standard InChI is InChI=1S/C54H37NO2/c1-2-10-36(11-3-1)37-20-22-38(23-21-37)39-24-30-42(31-25-39)55(43-32-26-40(27-33-43)45-14-8-16-49-47-12-4-6-18-51(47)56-53(45)49)44-34-28-41(29-35-44)46-15-9-17-50-48-13-5-7-19-52(48)57-54(46)50/h1-6,8-18,20-35H,7,19H2. The first-order valence-electron chi connectivity index (χ1n) is 19.6. The van der Waals surface area contributed by atoms with Gasteiger partial charge in [0.25, 0.3) is 0 Å². The van der Waals surface area contributed by atoms with Gasteiger partial charge < -0.3 is 13.7 Å². The summed E-state index contributed by atoms with van der Waals surface area (Å²) in [5, 5.41) is 3.44. The van der Waals surface area contributed by atoms with Crippen molar-refractivity contribution < 1.29 is 8.83 Å². The van der Waals surface area contributed by atoms with Crippen LogP contribution in [0.15, 0.2) is 203 Å². The lowest BCUT2D eigenvalue weighted by molar-refractivity contribution is 0.547. The lowest BCUT2D eigenvalue weighted by Gasteiger charge is -2.26. The van der Waals surface area contributed by atoms with Gasteiger partial charge in [0.05, 0.1) is 0 Å². The number of aryl methyl sites for hydroxylation is 1. The number of allylic oxidation sites excluding steroid dienone is 1. The number of hydrogen-bond donors (Lipinski definition) is 0. The summed E-state index contributed by atoms with van der Waals surface area (Å²) >= 11 is 0. The smallest absolute Gasteiger partial charge is 0.143 e. The van der Waals surface area contributed by atoms with Gasteiger partial charge in [-0.3, -0.25) is 0 Å². The molecular formula is C54H37NO2. The van der Waals surface area contributed by atoms with Crippen LogP contribution in [0.5, 0.6) is 0 Å². The lowest BCUT2D eigenvalue weighted by Crippen LogP contribution is -2.09. The Kier molecular flexibility index (Phi) is 7.96. The molecule has 10 aromatic rings. The van der Waals surface area contributed by atoms with Gasteiger partial charge in [0.2, 0.25) is 0 Å². The third-order valence-electron chi connectivity index (χ3n) is 11.4. The summed E-state index contributed by atoms with van der Waals surface area (Å²) in [6.07, 6.45) is 6.42. The second-order valence-electron chi connectivity index (χ2n) is 14.8. The first-order valence-corrected chi connectivity index (χ1v) is 19.6. The molecular weight excluding hydrogens is 695 g/mol. The van der Waals surface area contributed by atoms with E-state index in [2.05, 4.69) is 193 Å². The first-order chi connectivity index (χ1) is 28.2. The predicted octanol–water partition coefficient (Wildman–Crippen LogP) is 15.4. The van der Waals surface area contributed by atoms with Gasteiger partial charge in [0, 0.05) is 56.3 Å². The van der Waals surface area contributed by atoms with E-state index in [1.54, 1.807) is 0 Å². The molecule has 57 heavy (non-hydrogen) atoms. The summed E-state index contributed by atoms with van der Waals surface area (Å²) in [7, 11) is 0. The van der Waals surface area contributed by atoms with Crippen LogP contribution >= 0.6 is 0 Å². The van der Waals surface area contributed by atoms with Gasteiger partial charge in [0.1, 0.15) is 22.5 Å². The number of rotatable bonds is 7. The Morgan fingerprint density at radius 1 is 0.368 bits per heavy atom. The van der Waals surface area contributed by atoms with Crippen LogP contribution in [-0.2, 0) is 6.42 Å². The van der Waals surface area contributed by atoms with E-state index in [0.29, 0.717) is 0 Å². The number of anilines is 3. The Bertz CT molecular complexity index is 3080.